The minimum Gasteiger partial charge on any atom is -0.382 e. The number of halogens is 1. The molecule has 0 saturated heterocycles. The van der Waals surface area contributed by atoms with E-state index in [2.05, 4.69) is 5.32 Å². The highest BCUT2D eigenvalue weighted by molar-refractivity contribution is 5.47. The molecule has 1 saturated carbocycles. The van der Waals surface area contributed by atoms with Crippen LogP contribution in [0.5, 0.6) is 0 Å². The molecular weight excluding hydrogens is 165 g/mol. The fourth-order valence-corrected chi connectivity index (χ4v) is 1.36. The predicted molar refractivity (Wildman–Crippen MR) is 52.4 cm³/mol. The molecule has 1 fully saturated rings. The van der Waals surface area contributed by atoms with Gasteiger partial charge in [0.05, 0.1) is 5.69 Å². The van der Waals surface area contributed by atoms with Crippen molar-refractivity contribution in [3.63, 3.8) is 0 Å². The minimum absolute atomic E-state index is 0.108. The quantitative estimate of drug-likeness (QED) is 0.752. The van der Waals surface area contributed by atoms with Gasteiger partial charge in [-0.15, -0.1) is 0 Å². The number of hydrogen-bond acceptors (Lipinski definition) is 1. The normalized spacial score (nSPS) is 15.8. The Morgan fingerprint density at radius 2 is 2.23 bits per heavy atom. The molecule has 70 valence electrons. The molecule has 1 N–H and O–H groups in total. The van der Waals surface area contributed by atoms with E-state index in [1.54, 1.807) is 19.1 Å². The van der Waals surface area contributed by atoms with E-state index < -0.39 is 0 Å². The molecule has 0 amide bonds. The number of nitrogens with one attached hydrogen (secondary N) is 1. The monoisotopic (exact) mass is 179 g/mol. The lowest BCUT2D eigenvalue weighted by Gasteiger charge is -2.07. The third kappa shape index (κ3) is 2.00. The summed E-state index contributed by atoms with van der Waals surface area (Å²) in [7, 11) is 0. The molecule has 13 heavy (non-hydrogen) atoms. The van der Waals surface area contributed by atoms with Gasteiger partial charge in [0.25, 0.3) is 0 Å². The first-order chi connectivity index (χ1) is 6.27. The highest BCUT2D eigenvalue weighted by atomic mass is 19.1. The van der Waals surface area contributed by atoms with Crippen molar-refractivity contribution in [2.75, 3.05) is 11.9 Å². The molecule has 0 atom stereocenters. The molecular formula is C11H14FN. The van der Waals surface area contributed by atoms with Crippen molar-refractivity contribution in [2.24, 2.45) is 5.92 Å². The van der Waals surface area contributed by atoms with E-state index in [0.717, 1.165) is 12.5 Å². The van der Waals surface area contributed by atoms with Crippen molar-refractivity contribution < 1.29 is 4.39 Å². The van der Waals surface area contributed by atoms with Crippen LogP contribution >= 0.6 is 0 Å². The Kier molecular flexibility index (Phi) is 2.21. The average Bonchev–Trinajstić information content (AvgIpc) is 2.91. The van der Waals surface area contributed by atoms with Gasteiger partial charge in [-0.1, -0.05) is 12.1 Å². The van der Waals surface area contributed by atoms with E-state index in [0.29, 0.717) is 11.3 Å². The van der Waals surface area contributed by atoms with Crippen LogP contribution in [-0.2, 0) is 0 Å². The molecule has 2 rings (SSSR count). The number of aryl methyl sites for hydroxylation is 1. The molecule has 0 heterocycles. The summed E-state index contributed by atoms with van der Waals surface area (Å²) in [4.78, 5) is 0. The van der Waals surface area contributed by atoms with Gasteiger partial charge in [-0.05, 0) is 37.3 Å². The summed E-state index contributed by atoms with van der Waals surface area (Å²) in [5.74, 6) is 0.670. The van der Waals surface area contributed by atoms with Crippen molar-refractivity contribution in [3.8, 4) is 0 Å². The summed E-state index contributed by atoms with van der Waals surface area (Å²) >= 11 is 0. The SMILES string of the molecule is Cc1cccc(NCC2CC2)c1F. The third-order valence-corrected chi connectivity index (χ3v) is 2.47. The summed E-state index contributed by atoms with van der Waals surface area (Å²) in [6.07, 6.45) is 2.58. The maximum absolute atomic E-state index is 13.4. The van der Waals surface area contributed by atoms with Crippen LogP contribution in [0.2, 0.25) is 0 Å². The summed E-state index contributed by atoms with van der Waals surface area (Å²) in [5, 5.41) is 3.14. The topological polar surface area (TPSA) is 12.0 Å². The lowest BCUT2D eigenvalue weighted by molar-refractivity contribution is 0.620. The van der Waals surface area contributed by atoms with Crippen molar-refractivity contribution in [2.45, 2.75) is 19.8 Å². The van der Waals surface area contributed by atoms with Gasteiger partial charge in [-0.25, -0.2) is 4.39 Å². The Morgan fingerprint density at radius 3 is 2.92 bits per heavy atom. The van der Waals surface area contributed by atoms with Crippen LogP contribution < -0.4 is 5.32 Å². The lowest BCUT2D eigenvalue weighted by Crippen LogP contribution is -2.05. The zero-order valence-corrected chi connectivity index (χ0v) is 7.81. The van der Waals surface area contributed by atoms with E-state index in [1.165, 1.54) is 12.8 Å². The minimum atomic E-state index is -0.108. The Bertz CT molecular complexity index is 305. The maximum Gasteiger partial charge on any atom is 0.149 e. The number of hydrogen-bond donors (Lipinski definition) is 1. The van der Waals surface area contributed by atoms with Crippen molar-refractivity contribution >= 4 is 5.69 Å². The molecule has 0 aromatic heterocycles. The molecule has 1 nitrogen and oxygen atoms in total. The number of rotatable bonds is 3. The Labute approximate surface area is 78.0 Å². The molecule has 1 aliphatic rings. The number of anilines is 1. The fourth-order valence-electron chi connectivity index (χ4n) is 1.36. The third-order valence-electron chi connectivity index (χ3n) is 2.47. The first-order valence-corrected chi connectivity index (χ1v) is 4.76. The van der Waals surface area contributed by atoms with Crippen molar-refractivity contribution in [1.29, 1.82) is 0 Å². The van der Waals surface area contributed by atoms with Crippen LogP contribution in [0.3, 0.4) is 0 Å². The standard InChI is InChI=1S/C11H14FN/c1-8-3-2-4-10(11(8)12)13-7-9-5-6-9/h2-4,9,13H,5-7H2,1H3. The second-order valence-corrected chi connectivity index (χ2v) is 3.76. The summed E-state index contributed by atoms with van der Waals surface area (Å²) in [6.45, 7) is 2.71. The van der Waals surface area contributed by atoms with Gasteiger partial charge in [0.2, 0.25) is 0 Å². The summed E-state index contributed by atoms with van der Waals surface area (Å²) in [5.41, 5.74) is 1.35. The Hall–Kier alpha value is -1.05. The summed E-state index contributed by atoms with van der Waals surface area (Å²) in [6, 6.07) is 5.47. The highest BCUT2D eigenvalue weighted by Gasteiger charge is 2.21. The van der Waals surface area contributed by atoms with E-state index in [-0.39, 0.29) is 5.82 Å². The first-order valence-electron chi connectivity index (χ1n) is 4.76. The van der Waals surface area contributed by atoms with E-state index in [9.17, 15) is 4.39 Å². The zero-order valence-electron chi connectivity index (χ0n) is 7.81. The molecule has 0 aliphatic heterocycles. The molecule has 1 aliphatic carbocycles. The largest absolute Gasteiger partial charge is 0.382 e. The second kappa shape index (κ2) is 3.36. The van der Waals surface area contributed by atoms with Gasteiger partial charge in [0, 0.05) is 6.54 Å². The highest BCUT2D eigenvalue weighted by Crippen LogP contribution is 2.29. The van der Waals surface area contributed by atoms with Crippen molar-refractivity contribution in [3.05, 3.63) is 29.6 Å². The molecule has 0 radical (unpaired) electrons. The smallest absolute Gasteiger partial charge is 0.149 e. The van der Waals surface area contributed by atoms with Crippen LogP contribution in [0.4, 0.5) is 10.1 Å². The van der Waals surface area contributed by atoms with E-state index >= 15 is 0 Å². The Balaban J connectivity index is 2.05. The van der Waals surface area contributed by atoms with Crippen molar-refractivity contribution in [1.82, 2.24) is 0 Å². The lowest BCUT2D eigenvalue weighted by atomic mass is 10.2. The fraction of sp³-hybridized carbons (Fsp3) is 0.455. The van der Waals surface area contributed by atoms with Crippen LogP contribution in [-0.4, -0.2) is 6.54 Å². The zero-order chi connectivity index (χ0) is 9.26. The predicted octanol–water partition coefficient (Wildman–Crippen LogP) is 2.96. The molecule has 1 aromatic rings. The average molecular weight is 179 g/mol. The van der Waals surface area contributed by atoms with Gasteiger partial charge in [0.15, 0.2) is 0 Å². The van der Waals surface area contributed by atoms with Gasteiger partial charge < -0.3 is 5.32 Å². The van der Waals surface area contributed by atoms with Gasteiger partial charge in [0.1, 0.15) is 5.82 Å². The van der Waals surface area contributed by atoms with Crippen LogP contribution in [0.25, 0.3) is 0 Å². The van der Waals surface area contributed by atoms with E-state index in [4.69, 9.17) is 0 Å². The first kappa shape index (κ1) is 8.54. The Morgan fingerprint density at radius 1 is 1.46 bits per heavy atom. The van der Waals surface area contributed by atoms with Crippen LogP contribution in [0.1, 0.15) is 18.4 Å². The maximum atomic E-state index is 13.4. The van der Waals surface area contributed by atoms with Crippen LogP contribution in [0.15, 0.2) is 18.2 Å². The molecule has 0 spiro atoms. The summed E-state index contributed by atoms with van der Waals surface area (Å²) < 4.78 is 13.4. The van der Waals surface area contributed by atoms with Gasteiger partial charge >= 0.3 is 0 Å². The molecule has 2 heteroatoms. The second-order valence-electron chi connectivity index (χ2n) is 3.76. The van der Waals surface area contributed by atoms with Gasteiger partial charge in [-0.2, -0.15) is 0 Å². The molecule has 0 bridgehead atoms. The molecule has 1 aromatic carbocycles. The number of benzene rings is 1. The van der Waals surface area contributed by atoms with E-state index in [1.807, 2.05) is 6.07 Å². The van der Waals surface area contributed by atoms with Gasteiger partial charge in [-0.3, -0.25) is 0 Å². The molecule has 0 unspecified atom stereocenters. The van der Waals surface area contributed by atoms with Crippen LogP contribution in [0, 0.1) is 18.7 Å².